The second-order valence-electron chi connectivity index (χ2n) is 5.50. The Morgan fingerprint density at radius 3 is 2.80 bits per heavy atom. The molecule has 1 saturated carbocycles. The first kappa shape index (κ1) is 13.8. The molecule has 0 aromatic carbocycles. The maximum absolute atomic E-state index is 9.81. The summed E-state index contributed by atoms with van der Waals surface area (Å²) in [5.74, 6) is 0. The van der Waals surface area contributed by atoms with Gasteiger partial charge in [-0.05, 0) is 40.9 Å². The number of aliphatic hydroxyl groups excluding tert-OH is 1. The minimum absolute atomic E-state index is 0.160. The number of aromatic nitrogens is 2. The molecule has 5 heteroatoms. The Bertz CT molecular complexity index is 611. The Balaban J connectivity index is 1.97. The number of anilines is 1. The summed E-state index contributed by atoms with van der Waals surface area (Å²) in [6, 6.07) is 3.90. The van der Waals surface area contributed by atoms with Gasteiger partial charge >= 0.3 is 0 Å². The van der Waals surface area contributed by atoms with E-state index in [0.717, 1.165) is 46.9 Å². The zero-order valence-electron chi connectivity index (χ0n) is 11.3. The first-order valence-electron chi connectivity index (χ1n) is 7.02. The van der Waals surface area contributed by atoms with E-state index in [2.05, 4.69) is 31.2 Å². The Kier molecular flexibility index (Phi) is 3.89. The van der Waals surface area contributed by atoms with Gasteiger partial charge in [0.05, 0.1) is 23.3 Å². The Hall–Kier alpha value is -1.20. The zero-order chi connectivity index (χ0) is 14.0. The van der Waals surface area contributed by atoms with Crippen molar-refractivity contribution < 1.29 is 5.11 Å². The van der Waals surface area contributed by atoms with Crippen LogP contribution in [-0.2, 0) is 0 Å². The summed E-state index contributed by atoms with van der Waals surface area (Å²) < 4.78 is 0.921. The van der Waals surface area contributed by atoms with Crippen molar-refractivity contribution in [1.29, 1.82) is 0 Å². The molecule has 2 N–H and O–H groups in total. The van der Waals surface area contributed by atoms with Crippen molar-refractivity contribution in [3.63, 3.8) is 0 Å². The Morgan fingerprint density at radius 1 is 1.25 bits per heavy atom. The topological polar surface area (TPSA) is 58.0 Å². The lowest BCUT2D eigenvalue weighted by Crippen LogP contribution is -2.43. The van der Waals surface area contributed by atoms with Crippen LogP contribution in [0.5, 0.6) is 0 Å². The van der Waals surface area contributed by atoms with Crippen molar-refractivity contribution in [3.05, 3.63) is 29.0 Å². The lowest BCUT2D eigenvalue weighted by molar-refractivity contribution is 0.173. The minimum atomic E-state index is -0.207. The number of nitrogens with zero attached hydrogens (tertiary/aromatic N) is 2. The van der Waals surface area contributed by atoms with Gasteiger partial charge in [0.2, 0.25) is 0 Å². The van der Waals surface area contributed by atoms with Gasteiger partial charge in [-0.3, -0.25) is 9.97 Å². The Labute approximate surface area is 126 Å². The number of halogens is 1. The lowest BCUT2D eigenvalue weighted by Gasteiger charge is -2.37. The fraction of sp³-hybridized carbons (Fsp3) is 0.467. The molecule has 0 amide bonds. The molecule has 3 rings (SSSR count). The van der Waals surface area contributed by atoms with Gasteiger partial charge in [-0.1, -0.05) is 19.3 Å². The molecule has 2 aromatic heterocycles. The van der Waals surface area contributed by atoms with E-state index in [0.29, 0.717) is 0 Å². The van der Waals surface area contributed by atoms with E-state index in [9.17, 15) is 5.11 Å². The highest BCUT2D eigenvalue weighted by Gasteiger charge is 2.31. The minimum Gasteiger partial charge on any atom is -0.394 e. The molecule has 1 aliphatic rings. The molecule has 4 nitrogen and oxygen atoms in total. The van der Waals surface area contributed by atoms with Crippen LogP contribution >= 0.6 is 15.9 Å². The largest absolute Gasteiger partial charge is 0.394 e. The second kappa shape index (κ2) is 5.66. The van der Waals surface area contributed by atoms with E-state index in [-0.39, 0.29) is 12.1 Å². The van der Waals surface area contributed by atoms with Crippen LogP contribution in [-0.4, -0.2) is 27.2 Å². The van der Waals surface area contributed by atoms with Gasteiger partial charge in [0.1, 0.15) is 5.52 Å². The highest BCUT2D eigenvalue weighted by Crippen LogP contribution is 2.33. The highest BCUT2D eigenvalue weighted by molar-refractivity contribution is 9.10. The molecule has 0 radical (unpaired) electrons. The van der Waals surface area contributed by atoms with Crippen molar-refractivity contribution in [2.45, 2.75) is 37.6 Å². The molecule has 0 saturated heterocycles. The van der Waals surface area contributed by atoms with Gasteiger partial charge in [-0.25, -0.2) is 0 Å². The molecule has 20 heavy (non-hydrogen) atoms. The second-order valence-corrected chi connectivity index (χ2v) is 6.42. The standard InChI is InChI=1S/C15H18BrN3O/c16-11-8-13-14(18-9-11)12(4-7-17-13)19-15(10-20)5-2-1-3-6-15/h4,7-9,20H,1-3,5-6,10H2,(H,17,19). The van der Waals surface area contributed by atoms with Gasteiger partial charge in [-0.15, -0.1) is 0 Å². The van der Waals surface area contributed by atoms with Crippen molar-refractivity contribution in [2.24, 2.45) is 0 Å². The first-order chi connectivity index (χ1) is 9.72. The van der Waals surface area contributed by atoms with E-state index in [1.807, 2.05) is 12.1 Å². The summed E-state index contributed by atoms with van der Waals surface area (Å²) >= 11 is 3.42. The maximum Gasteiger partial charge on any atom is 0.112 e. The van der Waals surface area contributed by atoms with Crippen molar-refractivity contribution in [2.75, 3.05) is 11.9 Å². The summed E-state index contributed by atoms with van der Waals surface area (Å²) in [4.78, 5) is 8.81. The summed E-state index contributed by atoms with van der Waals surface area (Å²) in [5.41, 5.74) is 2.46. The van der Waals surface area contributed by atoms with Crippen LogP contribution in [0.3, 0.4) is 0 Å². The predicted molar refractivity (Wildman–Crippen MR) is 83.8 cm³/mol. The van der Waals surface area contributed by atoms with E-state index in [1.165, 1.54) is 6.42 Å². The summed E-state index contributed by atoms with van der Waals surface area (Å²) in [6.45, 7) is 0.160. The molecule has 0 atom stereocenters. The van der Waals surface area contributed by atoms with E-state index in [1.54, 1.807) is 12.4 Å². The van der Waals surface area contributed by atoms with Crippen LogP contribution in [0.25, 0.3) is 11.0 Å². The molecule has 0 spiro atoms. The van der Waals surface area contributed by atoms with E-state index < -0.39 is 0 Å². The fourth-order valence-electron chi connectivity index (χ4n) is 2.94. The number of fused-ring (bicyclic) bond motifs is 1. The van der Waals surface area contributed by atoms with Gasteiger partial charge in [-0.2, -0.15) is 0 Å². The van der Waals surface area contributed by atoms with Gasteiger partial charge in [0.15, 0.2) is 0 Å². The molecule has 0 aliphatic heterocycles. The number of hydrogen-bond acceptors (Lipinski definition) is 4. The molecule has 2 aromatic rings. The molecule has 1 aliphatic carbocycles. The summed E-state index contributed by atoms with van der Waals surface area (Å²) in [7, 11) is 0. The van der Waals surface area contributed by atoms with Crippen LogP contribution in [0.2, 0.25) is 0 Å². The van der Waals surface area contributed by atoms with Crippen LogP contribution < -0.4 is 5.32 Å². The third kappa shape index (κ3) is 2.65. The molecule has 0 unspecified atom stereocenters. The van der Waals surface area contributed by atoms with Gasteiger partial charge < -0.3 is 10.4 Å². The molecule has 2 heterocycles. The fourth-order valence-corrected chi connectivity index (χ4v) is 3.26. The molecule has 106 valence electrons. The average molecular weight is 336 g/mol. The number of nitrogens with one attached hydrogen (secondary N) is 1. The van der Waals surface area contributed by atoms with Crippen LogP contribution in [0.4, 0.5) is 5.69 Å². The molecular formula is C15H18BrN3O. The highest BCUT2D eigenvalue weighted by atomic mass is 79.9. The van der Waals surface area contributed by atoms with Crippen LogP contribution in [0.15, 0.2) is 29.0 Å². The predicted octanol–water partition coefficient (Wildman–Crippen LogP) is 3.50. The number of hydrogen-bond donors (Lipinski definition) is 2. The maximum atomic E-state index is 9.81. The molecular weight excluding hydrogens is 318 g/mol. The lowest BCUT2D eigenvalue weighted by atomic mass is 9.82. The van der Waals surface area contributed by atoms with Crippen molar-refractivity contribution >= 4 is 32.7 Å². The number of aliphatic hydroxyl groups is 1. The van der Waals surface area contributed by atoms with Crippen LogP contribution in [0.1, 0.15) is 32.1 Å². The van der Waals surface area contributed by atoms with E-state index in [4.69, 9.17) is 0 Å². The number of pyridine rings is 2. The average Bonchev–Trinajstić information content (AvgIpc) is 2.48. The SMILES string of the molecule is OCC1(Nc2ccnc3cc(Br)cnc23)CCCCC1. The van der Waals surface area contributed by atoms with Crippen LogP contribution in [0, 0.1) is 0 Å². The third-order valence-electron chi connectivity index (χ3n) is 4.06. The number of rotatable bonds is 3. The first-order valence-corrected chi connectivity index (χ1v) is 7.81. The monoisotopic (exact) mass is 335 g/mol. The zero-order valence-corrected chi connectivity index (χ0v) is 12.9. The van der Waals surface area contributed by atoms with Crippen molar-refractivity contribution in [1.82, 2.24) is 9.97 Å². The van der Waals surface area contributed by atoms with Gasteiger partial charge in [0.25, 0.3) is 0 Å². The summed E-state index contributed by atoms with van der Waals surface area (Å²) in [6.07, 6.45) is 9.15. The smallest absolute Gasteiger partial charge is 0.112 e. The van der Waals surface area contributed by atoms with Gasteiger partial charge in [0, 0.05) is 16.9 Å². The van der Waals surface area contributed by atoms with E-state index >= 15 is 0 Å². The van der Waals surface area contributed by atoms with Crippen molar-refractivity contribution in [3.8, 4) is 0 Å². The quantitative estimate of drug-likeness (QED) is 0.901. The molecule has 1 fully saturated rings. The Morgan fingerprint density at radius 2 is 2.05 bits per heavy atom. The summed E-state index contributed by atoms with van der Waals surface area (Å²) in [5, 5.41) is 13.4. The normalized spacial score (nSPS) is 18.1. The molecule has 0 bridgehead atoms. The third-order valence-corrected chi connectivity index (χ3v) is 4.49.